The number of benzene rings is 2. The number of nitrogens with zero attached hydrogens (tertiary/aromatic N) is 6. The van der Waals surface area contributed by atoms with Gasteiger partial charge in [-0.2, -0.15) is 9.61 Å². The Morgan fingerprint density at radius 3 is 2.45 bits per heavy atom. The first-order valence-corrected chi connectivity index (χ1v) is 15.3. The van der Waals surface area contributed by atoms with Gasteiger partial charge in [-0.25, -0.2) is 0 Å². The first-order valence-electron chi connectivity index (χ1n) is 15.3. The minimum absolute atomic E-state index is 0.113. The molecular formula is C36H40N6. The Kier molecular flexibility index (Phi) is 7.88. The summed E-state index contributed by atoms with van der Waals surface area (Å²) in [6.45, 7) is 10.1. The van der Waals surface area contributed by atoms with E-state index in [1.807, 2.05) is 25.1 Å². The Morgan fingerprint density at radius 2 is 1.62 bits per heavy atom. The lowest BCUT2D eigenvalue weighted by molar-refractivity contribution is 0.592. The molecule has 0 bridgehead atoms. The molecule has 3 aromatic heterocycles. The van der Waals surface area contributed by atoms with Crippen molar-refractivity contribution >= 4 is 28.2 Å². The third kappa shape index (κ3) is 5.11. The van der Waals surface area contributed by atoms with Gasteiger partial charge in [-0.3, -0.25) is 4.98 Å². The molecule has 0 aliphatic carbocycles. The van der Waals surface area contributed by atoms with E-state index in [0.717, 1.165) is 28.8 Å². The third-order valence-corrected chi connectivity index (χ3v) is 8.53. The molecule has 4 heterocycles. The molecule has 42 heavy (non-hydrogen) atoms. The summed E-state index contributed by atoms with van der Waals surface area (Å²) < 4.78 is 1.79. The maximum atomic E-state index is 4.72. The smallest absolute Gasteiger partial charge is 0.203 e. The summed E-state index contributed by atoms with van der Waals surface area (Å²) in [5.74, 6) is 0.655. The lowest BCUT2D eigenvalue weighted by atomic mass is 9.81. The van der Waals surface area contributed by atoms with Gasteiger partial charge in [0.1, 0.15) is 5.69 Å². The molecule has 6 rings (SSSR count). The molecule has 1 aliphatic rings. The molecule has 0 saturated heterocycles. The Balaban J connectivity index is 1.32. The summed E-state index contributed by atoms with van der Waals surface area (Å²) in [6, 6.07) is 19.2. The highest BCUT2D eigenvalue weighted by atomic mass is 15.4. The molecule has 0 unspecified atom stereocenters. The second-order valence-corrected chi connectivity index (χ2v) is 11.8. The van der Waals surface area contributed by atoms with Crippen LogP contribution in [0.2, 0.25) is 0 Å². The van der Waals surface area contributed by atoms with Crippen LogP contribution in [0.25, 0.3) is 34.0 Å². The monoisotopic (exact) mass is 556 g/mol. The van der Waals surface area contributed by atoms with E-state index >= 15 is 0 Å². The van der Waals surface area contributed by atoms with Crippen LogP contribution >= 0.6 is 0 Å². The van der Waals surface area contributed by atoms with Crippen LogP contribution in [0.5, 0.6) is 0 Å². The van der Waals surface area contributed by atoms with E-state index in [4.69, 9.17) is 5.10 Å². The summed E-state index contributed by atoms with van der Waals surface area (Å²) in [4.78, 5) is 6.99. The van der Waals surface area contributed by atoms with E-state index in [2.05, 4.69) is 102 Å². The van der Waals surface area contributed by atoms with Crippen molar-refractivity contribution in [2.45, 2.75) is 71.6 Å². The Bertz CT molecular complexity index is 1810. The van der Waals surface area contributed by atoms with Gasteiger partial charge >= 0.3 is 0 Å². The van der Waals surface area contributed by atoms with Crippen molar-refractivity contribution in [3.8, 4) is 11.5 Å². The SMILES string of the molecule is CCCCCCCCN1/C(=C/C=C/C=c2/c(C)nn3c(-c4ccccn4)nnc23)C(C)(C)c2c1ccc1ccccc21. The first kappa shape index (κ1) is 27.8. The highest BCUT2D eigenvalue weighted by Crippen LogP contribution is 2.50. The third-order valence-electron chi connectivity index (χ3n) is 8.53. The fourth-order valence-electron chi connectivity index (χ4n) is 6.38. The molecule has 0 spiro atoms. The van der Waals surface area contributed by atoms with Gasteiger partial charge in [0.2, 0.25) is 5.82 Å². The number of anilines is 1. The predicted octanol–water partition coefficient (Wildman–Crippen LogP) is 7.75. The van der Waals surface area contributed by atoms with Crippen LogP contribution in [0.3, 0.4) is 0 Å². The fourth-order valence-corrected chi connectivity index (χ4v) is 6.38. The van der Waals surface area contributed by atoms with Gasteiger partial charge in [0.25, 0.3) is 0 Å². The lowest BCUT2D eigenvalue weighted by Gasteiger charge is -2.27. The van der Waals surface area contributed by atoms with Crippen molar-refractivity contribution in [2.24, 2.45) is 0 Å². The van der Waals surface area contributed by atoms with E-state index in [1.165, 1.54) is 66.2 Å². The van der Waals surface area contributed by atoms with Gasteiger partial charge < -0.3 is 4.90 Å². The van der Waals surface area contributed by atoms with Crippen molar-refractivity contribution in [3.63, 3.8) is 0 Å². The van der Waals surface area contributed by atoms with Crippen molar-refractivity contribution in [3.05, 3.63) is 101 Å². The molecule has 1 aliphatic heterocycles. The van der Waals surface area contributed by atoms with Crippen LogP contribution in [0.15, 0.2) is 84.7 Å². The normalized spacial score (nSPS) is 16.0. The molecule has 0 saturated carbocycles. The Morgan fingerprint density at radius 1 is 0.833 bits per heavy atom. The molecule has 0 radical (unpaired) electrons. The number of pyridine rings is 1. The second-order valence-electron chi connectivity index (χ2n) is 11.8. The van der Waals surface area contributed by atoms with Gasteiger partial charge in [-0.15, -0.1) is 10.2 Å². The molecule has 2 aromatic carbocycles. The van der Waals surface area contributed by atoms with Crippen LogP contribution in [0.4, 0.5) is 5.69 Å². The molecule has 6 nitrogen and oxygen atoms in total. The minimum atomic E-state index is -0.113. The van der Waals surface area contributed by atoms with E-state index < -0.39 is 0 Å². The van der Waals surface area contributed by atoms with E-state index in [-0.39, 0.29) is 5.41 Å². The van der Waals surface area contributed by atoms with Crippen LogP contribution in [0.1, 0.15) is 70.6 Å². The van der Waals surface area contributed by atoms with Crippen LogP contribution in [0, 0.1) is 6.92 Å². The van der Waals surface area contributed by atoms with E-state index in [1.54, 1.807) is 10.7 Å². The molecule has 0 N–H and O–H groups in total. The van der Waals surface area contributed by atoms with E-state index in [0.29, 0.717) is 5.82 Å². The molecule has 214 valence electrons. The quantitative estimate of drug-likeness (QED) is 0.165. The molecule has 0 atom stereocenters. The number of fused-ring (bicyclic) bond motifs is 4. The van der Waals surface area contributed by atoms with Crippen molar-refractivity contribution in [2.75, 3.05) is 11.4 Å². The van der Waals surface area contributed by atoms with Crippen molar-refractivity contribution in [1.29, 1.82) is 0 Å². The van der Waals surface area contributed by atoms with Gasteiger partial charge in [0.15, 0.2) is 5.65 Å². The van der Waals surface area contributed by atoms with Crippen molar-refractivity contribution in [1.82, 2.24) is 24.8 Å². The highest BCUT2D eigenvalue weighted by molar-refractivity contribution is 5.94. The van der Waals surface area contributed by atoms with Crippen molar-refractivity contribution < 1.29 is 0 Å². The zero-order chi connectivity index (χ0) is 29.1. The van der Waals surface area contributed by atoms with Gasteiger partial charge in [-0.05, 0) is 60.0 Å². The second kappa shape index (κ2) is 11.9. The summed E-state index contributed by atoms with van der Waals surface area (Å²) in [6.07, 6.45) is 18.2. The zero-order valence-corrected chi connectivity index (χ0v) is 25.2. The van der Waals surface area contributed by atoms with Gasteiger partial charge in [-0.1, -0.05) is 101 Å². The first-order chi connectivity index (χ1) is 20.5. The molecular weight excluding hydrogens is 516 g/mol. The lowest BCUT2D eigenvalue weighted by Crippen LogP contribution is -2.27. The molecule has 0 fully saturated rings. The minimum Gasteiger partial charge on any atom is -0.344 e. The number of hydrogen-bond donors (Lipinski definition) is 0. The summed E-state index contributed by atoms with van der Waals surface area (Å²) >= 11 is 0. The molecule has 5 aromatic rings. The zero-order valence-electron chi connectivity index (χ0n) is 25.2. The number of aryl methyl sites for hydroxylation is 1. The number of unbranched alkanes of at least 4 members (excludes halogenated alkanes) is 5. The summed E-state index contributed by atoms with van der Waals surface area (Å²) in [7, 11) is 0. The fraction of sp³-hybridized carbons (Fsp3) is 0.333. The average Bonchev–Trinajstić information content (AvgIpc) is 3.61. The summed E-state index contributed by atoms with van der Waals surface area (Å²) in [5, 5.41) is 17.2. The largest absolute Gasteiger partial charge is 0.344 e. The van der Waals surface area contributed by atoms with E-state index in [9.17, 15) is 0 Å². The Hall–Kier alpha value is -4.32. The Labute approximate surface area is 248 Å². The molecule has 0 amide bonds. The van der Waals surface area contributed by atoms with Crippen LogP contribution in [-0.2, 0) is 5.41 Å². The molecule has 6 heteroatoms. The predicted molar refractivity (Wildman–Crippen MR) is 173 cm³/mol. The maximum Gasteiger partial charge on any atom is 0.203 e. The standard InChI is InChI=1S/C36H40N6/c1-5-6-7-8-9-16-25-41-31-23-22-27-17-10-11-19-29(27)33(31)36(3,4)32(41)21-13-12-18-28-26(2)40-42-34(28)38-39-35(42)30-20-14-15-24-37-30/h10-15,17-24H,5-9,16,25H2,1-4H3/b13-12+,28-18-,32-21+. The van der Waals surface area contributed by atoms with Gasteiger partial charge in [0.05, 0.1) is 5.69 Å². The topological polar surface area (TPSA) is 59.2 Å². The highest BCUT2D eigenvalue weighted by Gasteiger charge is 2.40. The maximum absolute atomic E-state index is 4.72. The summed E-state index contributed by atoms with van der Waals surface area (Å²) in [5.41, 5.74) is 6.43. The van der Waals surface area contributed by atoms with Crippen LogP contribution < -0.4 is 10.1 Å². The number of hydrogen-bond acceptors (Lipinski definition) is 5. The van der Waals surface area contributed by atoms with Gasteiger partial charge in [0, 0.05) is 34.8 Å². The number of rotatable bonds is 10. The average molecular weight is 557 g/mol. The number of aromatic nitrogens is 5. The van der Waals surface area contributed by atoms with Crippen LogP contribution in [-0.4, -0.2) is 31.3 Å². The number of allylic oxidation sites excluding steroid dienone is 4.